The number of thioether (sulfide) groups is 1. The standard InChI is InChI=1S/C23H25N3O3S/c1-16-5-4-6-18(13-16)25-9-11-26(12-10-25)23-24-22(27)21(30-23)15-17-7-8-19(28-2)20(14-17)29-3/h4-8,13-15H,9-12H2,1-3H3. The van der Waals surface area contributed by atoms with E-state index >= 15 is 0 Å². The van der Waals surface area contributed by atoms with Crippen LogP contribution in [0.5, 0.6) is 11.5 Å². The molecule has 0 N–H and O–H groups in total. The molecule has 7 heteroatoms. The smallest absolute Gasteiger partial charge is 0.286 e. The van der Waals surface area contributed by atoms with Crippen molar-refractivity contribution in [3.63, 3.8) is 0 Å². The average Bonchev–Trinajstić information content (AvgIpc) is 3.14. The van der Waals surface area contributed by atoms with Crippen molar-refractivity contribution >= 4 is 34.6 Å². The van der Waals surface area contributed by atoms with Gasteiger partial charge in [-0.25, -0.2) is 0 Å². The third kappa shape index (κ3) is 4.31. The monoisotopic (exact) mass is 423 g/mol. The number of amides is 1. The van der Waals surface area contributed by atoms with Crippen LogP contribution in [0, 0.1) is 6.92 Å². The molecule has 156 valence electrons. The molecule has 0 radical (unpaired) electrons. The summed E-state index contributed by atoms with van der Waals surface area (Å²) in [7, 11) is 3.20. The van der Waals surface area contributed by atoms with Gasteiger partial charge in [0.15, 0.2) is 16.7 Å². The molecule has 1 fully saturated rings. The molecular formula is C23H25N3O3S. The minimum atomic E-state index is -0.189. The van der Waals surface area contributed by atoms with Crippen LogP contribution >= 0.6 is 11.8 Å². The van der Waals surface area contributed by atoms with Crippen molar-refractivity contribution in [2.75, 3.05) is 45.3 Å². The molecule has 2 aromatic carbocycles. The van der Waals surface area contributed by atoms with Gasteiger partial charge >= 0.3 is 0 Å². The molecule has 2 heterocycles. The molecule has 2 aliphatic heterocycles. The Labute approximate surface area is 181 Å². The molecule has 0 atom stereocenters. The fourth-order valence-corrected chi connectivity index (χ4v) is 4.57. The van der Waals surface area contributed by atoms with Gasteiger partial charge in [-0.05, 0) is 60.2 Å². The summed E-state index contributed by atoms with van der Waals surface area (Å²) in [6, 6.07) is 14.2. The number of hydrogen-bond acceptors (Lipinski definition) is 6. The fourth-order valence-electron chi connectivity index (χ4n) is 3.61. The van der Waals surface area contributed by atoms with E-state index in [2.05, 4.69) is 46.0 Å². The Balaban J connectivity index is 1.41. The third-order valence-electron chi connectivity index (χ3n) is 5.23. The lowest BCUT2D eigenvalue weighted by Crippen LogP contribution is -2.47. The molecule has 2 aromatic rings. The molecule has 0 aliphatic carbocycles. The Morgan fingerprint density at radius 1 is 0.967 bits per heavy atom. The van der Waals surface area contributed by atoms with Crippen molar-refractivity contribution < 1.29 is 14.3 Å². The number of nitrogens with zero attached hydrogens (tertiary/aromatic N) is 3. The summed E-state index contributed by atoms with van der Waals surface area (Å²) < 4.78 is 10.6. The Morgan fingerprint density at radius 2 is 1.70 bits per heavy atom. The summed E-state index contributed by atoms with van der Waals surface area (Å²) in [5.41, 5.74) is 3.39. The second-order valence-corrected chi connectivity index (χ2v) is 8.25. The zero-order chi connectivity index (χ0) is 21.1. The van der Waals surface area contributed by atoms with Crippen LogP contribution in [0.1, 0.15) is 11.1 Å². The van der Waals surface area contributed by atoms with Crippen LogP contribution in [0.2, 0.25) is 0 Å². The number of piperazine rings is 1. The lowest BCUT2D eigenvalue weighted by molar-refractivity contribution is -0.113. The molecule has 0 bridgehead atoms. The van der Waals surface area contributed by atoms with Crippen molar-refractivity contribution in [3.05, 3.63) is 58.5 Å². The summed E-state index contributed by atoms with van der Waals surface area (Å²) in [5.74, 6) is 1.11. The fraction of sp³-hybridized carbons (Fsp3) is 0.304. The first-order chi connectivity index (χ1) is 14.6. The van der Waals surface area contributed by atoms with Crippen molar-refractivity contribution in [1.29, 1.82) is 0 Å². The predicted octanol–water partition coefficient (Wildman–Crippen LogP) is 3.80. The van der Waals surface area contributed by atoms with Gasteiger partial charge < -0.3 is 19.3 Å². The summed E-state index contributed by atoms with van der Waals surface area (Å²) >= 11 is 1.44. The van der Waals surface area contributed by atoms with Crippen molar-refractivity contribution in [3.8, 4) is 11.5 Å². The highest BCUT2D eigenvalue weighted by molar-refractivity contribution is 8.18. The van der Waals surface area contributed by atoms with Crippen LogP contribution in [-0.4, -0.2) is 56.4 Å². The van der Waals surface area contributed by atoms with Crippen LogP contribution < -0.4 is 14.4 Å². The highest BCUT2D eigenvalue weighted by Crippen LogP contribution is 2.33. The van der Waals surface area contributed by atoms with Crippen molar-refractivity contribution in [2.24, 2.45) is 4.99 Å². The minimum Gasteiger partial charge on any atom is -0.493 e. The molecule has 4 rings (SSSR count). The lowest BCUT2D eigenvalue weighted by Gasteiger charge is -2.36. The van der Waals surface area contributed by atoms with Gasteiger partial charge in [-0.3, -0.25) is 4.79 Å². The van der Waals surface area contributed by atoms with E-state index in [0.717, 1.165) is 36.9 Å². The number of carbonyl (C=O) groups is 1. The third-order valence-corrected chi connectivity index (χ3v) is 6.28. The van der Waals surface area contributed by atoms with Gasteiger partial charge in [-0.1, -0.05) is 18.2 Å². The number of hydrogen-bond donors (Lipinski definition) is 0. The number of aliphatic imine (C=N–C) groups is 1. The molecule has 1 amide bonds. The molecule has 0 aromatic heterocycles. The van der Waals surface area contributed by atoms with E-state index < -0.39 is 0 Å². The number of rotatable bonds is 4. The number of ether oxygens (including phenoxy) is 2. The molecule has 0 unspecified atom stereocenters. The number of aryl methyl sites for hydroxylation is 1. The maximum Gasteiger partial charge on any atom is 0.286 e. The second-order valence-electron chi connectivity index (χ2n) is 7.24. The van der Waals surface area contributed by atoms with E-state index in [1.54, 1.807) is 14.2 Å². The van der Waals surface area contributed by atoms with E-state index in [1.807, 2.05) is 24.3 Å². The minimum absolute atomic E-state index is 0.189. The van der Waals surface area contributed by atoms with Crippen LogP contribution in [0.3, 0.4) is 0 Å². The largest absolute Gasteiger partial charge is 0.493 e. The van der Waals surface area contributed by atoms with Gasteiger partial charge in [-0.15, -0.1) is 0 Å². The molecule has 0 saturated carbocycles. The van der Waals surface area contributed by atoms with Crippen molar-refractivity contribution in [2.45, 2.75) is 6.92 Å². The molecule has 2 aliphatic rings. The Bertz CT molecular complexity index is 1010. The van der Waals surface area contributed by atoms with Gasteiger partial charge in [0.25, 0.3) is 5.91 Å². The lowest BCUT2D eigenvalue weighted by atomic mass is 10.2. The summed E-state index contributed by atoms with van der Waals surface area (Å²) in [4.78, 5) is 22.0. The predicted molar refractivity (Wildman–Crippen MR) is 123 cm³/mol. The Kier molecular flexibility index (Phi) is 5.99. The van der Waals surface area contributed by atoms with Gasteiger partial charge in [0, 0.05) is 31.9 Å². The Morgan fingerprint density at radius 3 is 2.40 bits per heavy atom. The highest BCUT2D eigenvalue weighted by Gasteiger charge is 2.28. The SMILES string of the molecule is COc1ccc(C=C2SC(N3CCN(c4cccc(C)c4)CC3)=NC2=O)cc1OC. The van der Waals surface area contributed by atoms with E-state index in [0.29, 0.717) is 16.4 Å². The first-order valence-electron chi connectivity index (χ1n) is 9.88. The van der Waals surface area contributed by atoms with Crippen LogP contribution in [0.4, 0.5) is 5.69 Å². The highest BCUT2D eigenvalue weighted by atomic mass is 32.2. The van der Waals surface area contributed by atoms with Crippen molar-refractivity contribution in [1.82, 2.24) is 4.90 Å². The average molecular weight is 424 g/mol. The topological polar surface area (TPSA) is 54.4 Å². The maximum atomic E-state index is 12.5. The van der Waals surface area contributed by atoms with E-state index in [1.165, 1.54) is 23.0 Å². The number of amidine groups is 1. The summed E-state index contributed by atoms with van der Waals surface area (Å²) in [5, 5.41) is 0.788. The molecule has 0 spiro atoms. The van der Waals surface area contributed by atoms with E-state index in [-0.39, 0.29) is 5.91 Å². The molecule has 1 saturated heterocycles. The molecule has 30 heavy (non-hydrogen) atoms. The number of anilines is 1. The first-order valence-corrected chi connectivity index (χ1v) is 10.7. The first kappa shape index (κ1) is 20.3. The normalized spacial score (nSPS) is 18.0. The van der Waals surface area contributed by atoms with Crippen LogP contribution in [-0.2, 0) is 4.79 Å². The van der Waals surface area contributed by atoms with E-state index in [9.17, 15) is 4.79 Å². The maximum absolute atomic E-state index is 12.5. The number of methoxy groups -OCH3 is 2. The zero-order valence-corrected chi connectivity index (χ0v) is 18.2. The van der Waals surface area contributed by atoms with Crippen LogP contribution in [0.15, 0.2) is 52.4 Å². The molecule has 6 nitrogen and oxygen atoms in total. The number of benzene rings is 2. The summed E-state index contributed by atoms with van der Waals surface area (Å²) in [6.07, 6.45) is 1.86. The number of carbonyl (C=O) groups excluding carboxylic acids is 1. The van der Waals surface area contributed by atoms with Gasteiger partial charge in [0.1, 0.15) is 0 Å². The van der Waals surface area contributed by atoms with Gasteiger partial charge in [0.2, 0.25) is 0 Å². The molecular weight excluding hydrogens is 398 g/mol. The Hall–Kier alpha value is -2.93. The summed E-state index contributed by atoms with van der Waals surface area (Å²) in [6.45, 7) is 5.62. The zero-order valence-electron chi connectivity index (χ0n) is 17.4. The second kappa shape index (κ2) is 8.83. The van der Waals surface area contributed by atoms with Gasteiger partial charge in [-0.2, -0.15) is 4.99 Å². The van der Waals surface area contributed by atoms with Crippen LogP contribution in [0.25, 0.3) is 6.08 Å². The van der Waals surface area contributed by atoms with Gasteiger partial charge in [0.05, 0.1) is 19.1 Å². The van der Waals surface area contributed by atoms with E-state index in [4.69, 9.17) is 9.47 Å². The quantitative estimate of drug-likeness (QED) is 0.697.